The van der Waals surface area contributed by atoms with Crippen molar-refractivity contribution in [3.63, 3.8) is 0 Å². The van der Waals surface area contributed by atoms with Gasteiger partial charge in [0.1, 0.15) is 0 Å². The van der Waals surface area contributed by atoms with Crippen molar-refractivity contribution in [1.82, 2.24) is 5.32 Å². The molecule has 0 bridgehead atoms. The SMILES string of the molecule is Cc1cc(NC(=O)c2ccccc2Cl)sc1C(=O)NCC(C)c1ccccc1. The second-order valence-electron chi connectivity index (χ2n) is 6.58. The summed E-state index contributed by atoms with van der Waals surface area (Å²) in [5.74, 6) is -0.218. The summed E-state index contributed by atoms with van der Waals surface area (Å²) in [5, 5.41) is 6.81. The van der Waals surface area contributed by atoms with Gasteiger partial charge >= 0.3 is 0 Å². The highest BCUT2D eigenvalue weighted by Crippen LogP contribution is 2.28. The molecule has 1 heterocycles. The Bertz CT molecular complexity index is 985. The van der Waals surface area contributed by atoms with E-state index in [9.17, 15) is 9.59 Å². The van der Waals surface area contributed by atoms with Crippen LogP contribution in [0.2, 0.25) is 5.02 Å². The fourth-order valence-electron chi connectivity index (χ4n) is 2.82. The first-order chi connectivity index (χ1) is 13.5. The molecule has 2 N–H and O–H groups in total. The van der Waals surface area contributed by atoms with E-state index in [4.69, 9.17) is 11.6 Å². The molecule has 6 heteroatoms. The summed E-state index contributed by atoms with van der Waals surface area (Å²) < 4.78 is 0. The van der Waals surface area contributed by atoms with Gasteiger partial charge in [-0.3, -0.25) is 9.59 Å². The quantitative estimate of drug-likeness (QED) is 0.562. The van der Waals surface area contributed by atoms with Crippen LogP contribution in [-0.2, 0) is 0 Å². The van der Waals surface area contributed by atoms with Gasteiger partial charge in [-0.05, 0) is 42.2 Å². The average molecular weight is 413 g/mol. The maximum Gasteiger partial charge on any atom is 0.261 e. The minimum absolute atomic E-state index is 0.136. The predicted molar refractivity (Wildman–Crippen MR) is 116 cm³/mol. The van der Waals surface area contributed by atoms with Gasteiger partial charge in [0.2, 0.25) is 0 Å². The van der Waals surface area contributed by atoms with Crippen LogP contribution in [0.5, 0.6) is 0 Å². The number of nitrogens with one attached hydrogen (secondary N) is 2. The number of hydrogen-bond acceptors (Lipinski definition) is 3. The number of halogens is 1. The molecule has 0 saturated heterocycles. The van der Waals surface area contributed by atoms with Crippen molar-refractivity contribution in [2.24, 2.45) is 0 Å². The van der Waals surface area contributed by atoms with Gasteiger partial charge in [0.05, 0.1) is 20.5 Å². The van der Waals surface area contributed by atoms with Crippen molar-refractivity contribution in [3.8, 4) is 0 Å². The van der Waals surface area contributed by atoms with Crippen molar-refractivity contribution in [1.29, 1.82) is 0 Å². The molecule has 4 nitrogen and oxygen atoms in total. The van der Waals surface area contributed by atoms with Crippen molar-refractivity contribution in [2.45, 2.75) is 19.8 Å². The van der Waals surface area contributed by atoms with E-state index in [1.165, 1.54) is 16.9 Å². The Morgan fingerprint density at radius 1 is 1.04 bits per heavy atom. The van der Waals surface area contributed by atoms with E-state index >= 15 is 0 Å². The lowest BCUT2D eigenvalue weighted by molar-refractivity contribution is 0.0954. The number of thiophene rings is 1. The van der Waals surface area contributed by atoms with Crippen LogP contribution in [0.4, 0.5) is 5.00 Å². The van der Waals surface area contributed by atoms with Crippen LogP contribution in [0.15, 0.2) is 60.7 Å². The molecular formula is C22H21ClN2O2S. The average Bonchev–Trinajstić information content (AvgIpc) is 3.06. The summed E-state index contributed by atoms with van der Waals surface area (Å²) in [4.78, 5) is 25.6. The van der Waals surface area contributed by atoms with Gasteiger partial charge in [-0.15, -0.1) is 11.3 Å². The van der Waals surface area contributed by atoms with E-state index < -0.39 is 0 Å². The van der Waals surface area contributed by atoms with Crippen LogP contribution >= 0.6 is 22.9 Å². The van der Waals surface area contributed by atoms with E-state index in [1.54, 1.807) is 30.3 Å². The number of amides is 2. The number of hydrogen-bond donors (Lipinski definition) is 2. The molecule has 1 unspecified atom stereocenters. The maximum absolute atomic E-state index is 12.6. The van der Waals surface area contributed by atoms with Crippen LogP contribution in [-0.4, -0.2) is 18.4 Å². The molecule has 0 aliphatic rings. The zero-order valence-corrected chi connectivity index (χ0v) is 17.2. The molecule has 2 amide bonds. The zero-order valence-electron chi connectivity index (χ0n) is 15.7. The summed E-state index contributed by atoms with van der Waals surface area (Å²) in [6, 6.07) is 18.7. The smallest absolute Gasteiger partial charge is 0.261 e. The van der Waals surface area contributed by atoms with E-state index in [1.807, 2.05) is 25.1 Å². The highest BCUT2D eigenvalue weighted by atomic mass is 35.5. The van der Waals surface area contributed by atoms with Crippen molar-refractivity contribution in [3.05, 3.63) is 87.3 Å². The van der Waals surface area contributed by atoms with Crippen LogP contribution < -0.4 is 10.6 Å². The summed E-state index contributed by atoms with van der Waals surface area (Å²) in [5.41, 5.74) is 2.40. The first-order valence-corrected chi connectivity index (χ1v) is 10.1. The molecule has 0 spiro atoms. The number of anilines is 1. The van der Waals surface area contributed by atoms with E-state index in [-0.39, 0.29) is 17.7 Å². The Labute approximate surface area is 173 Å². The molecule has 144 valence electrons. The highest BCUT2D eigenvalue weighted by Gasteiger charge is 2.17. The Morgan fingerprint density at radius 3 is 2.43 bits per heavy atom. The lowest BCUT2D eigenvalue weighted by Crippen LogP contribution is -2.27. The normalized spacial score (nSPS) is 11.7. The van der Waals surface area contributed by atoms with Gasteiger partial charge in [-0.2, -0.15) is 0 Å². The number of carbonyl (C=O) groups is 2. The standard InChI is InChI=1S/C22H21ClN2O2S/c1-14-12-19(25-21(26)17-10-6-7-11-18(17)23)28-20(14)22(27)24-13-15(2)16-8-4-3-5-9-16/h3-12,15H,13H2,1-2H3,(H,24,27)(H,25,26). The van der Waals surface area contributed by atoms with Crippen LogP contribution in [0.3, 0.4) is 0 Å². The summed E-state index contributed by atoms with van der Waals surface area (Å²) >= 11 is 7.33. The van der Waals surface area contributed by atoms with Gasteiger partial charge in [0, 0.05) is 6.54 Å². The number of carbonyl (C=O) groups excluding carboxylic acids is 2. The molecule has 0 aliphatic carbocycles. The van der Waals surface area contributed by atoms with Crippen LogP contribution in [0.1, 0.15) is 44.0 Å². The van der Waals surface area contributed by atoms with Gasteiger partial charge < -0.3 is 10.6 Å². The fraction of sp³-hybridized carbons (Fsp3) is 0.182. The fourth-order valence-corrected chi connectivity index (χ4v) is 4.02. The number of aryl methyl sites for hydroxylation is 1. The molecule has 0 fully saturated rings. The molecule has 3 rings (SSSR count). The third kappa shape index (κ3) is 4.80. The molecule has 28 heavy (non-hydrogen) atoms. The van der Waals surface area contributed by atoms with Crippen LogP contribution in [0, 0.1) is 6.92 Å². The molecule has 0 saturated carbocycles. The number of benzene rings is 2. The van der Waals surface area contributed by atoms with E-state index in [2.05, 4.69) is 29.7 Å². The summed E-state index contributed by atoms with van der Waals surface area (Å²) in [6.45, 7) is 4.48. The van der Waals surface area contributed by atoms with Gasteiger partial charge in [0.15, 0.2) is 0 Å². The highest BCUT2D eigenvalue weighted by molar-refractivity contribution is 7.18. The van der Waals surface area contributed by atoms with E-state index in [0.29, 0.717) is 27.0 Å². The molecule has 3 aromatic rings. The maximum atomic E-state index is 12.6. The lowest BCUT2D eigenvalue weighted by Gasteiger charge is -2.12. The molecule has 0 aliphatic heterocycles. The summed E-state index contributed by atoms with van der Waals surface area (Å²) in [7, 11) is 0. The summed E-state index contributed by atoms with van der Waals surface area (Å²) in [6.07, 6.45) is 0. The second-order valence-corrected chi connectivity index (χ2v) is 8.04. The molecule has 2 aromatic carbocycles. The minimum Gasteiger partial charge on any atom is -0.351 e. The Hall–Kier alpha value is -2.63. The monoisotopic (exact) mass is 412 g/mol. The first kappa shape index (κ1) is 20.1. The predicted octanol–water partition coefficient (Wildman–Crippen LogP) is 5.50. The topological polar surface area (TPSA) is 58.2 Å². The van der Waals surface area contributed by atoms with Gasteiger partial charge in [-0.25, -0.2) is 0 Å². The van der Waals surface area contributed by atoms with Crippen molar-refractivity contribution < 1.29 is 9.59 Å². The van der Waals surface area contributed by atoms with Crippen molar-refractivity contribution in [2.75, 3.05) is 11.9 Å². The van der Waals surface area contributed by atoms with Crippen molar-refractivity contribution >= 4 is 39.8 Å². The third-order valence-corrected chi connectivity index (χ3v) is 5.90. The van der Waals surface area contributed by atoms with Crippen LogP contribution in [0.25, 0.3) is 0 Å². The molecular weight excluding hydrogens is 392 g/mol. The number of rotatable bonds is 6. The Kier molecular flexibility index (Phi) is 6.49. The minimum atomic E-state index is -0.295. The Morgan fingerprint density at radius 2 is 1.71 bits per heavy atom. The zero-order chi connectivity index (χ0) is 20.1. The van der Waals surface area contributed by atoms with E-state index in [0.717, 1.165) is 5.56 Å². The van der Waals surface area contributed by atoms with Gasteiger partial charge in [0.25, 0.3) is 11.8 Å². The third-order valence-electron chi connectivity index (χ3n) is 4.42. The lowest BCUT2D eigenvalue weighted by atomic mass is 10.0. The Balaban J connectivity index is 1.64. The van der Waals surface area contributed by atoms with Gasteiger partial charge in [-0.1, -0.05) is 61.0 Å². The second kappa shape index (κ2) is 9.04. The molecule has 0 radical (unpaired) electrons. The molecule has 1 atom stereocenters. The molecule has 1 aromatic heterocycles. The largest absolute Gasteiger partial charge is 0.351 e. The first-order valence-electron chi connectivity index (χ1n) is 8.95.